The number of carbonyl (C=O) groups excluding carboxylic acids is 1. The molecule has 4 rings (SSSR count). The summed E-state index contributed by atoms with van der Waals surface area (Å²) in [6.45, 7) is 0. The molecular formula is C24H27ClFN5O3. The number of hydrogen-bond donors (Lipinski definition) is 2. The molecule has 3 aromatic rings. The Morgan fingerprint density at radius 3 is 2.56 bits per heavy atom. The predicted molar refractivity (Wildman–Crippen MR) is 130 cm³/mol. The number of hydrogen-bond acceptors (Lipinski definition) is 6. The van der Waals surface area contributed by atoms with Gasteiger partial charge in [0.15, 0.2) is 11.5 Å². The minimum absolute atomic E-state index is 0.00389. The molecule has 0 saturated heterocycles. The molecule has 1 aliphatic carbocycles. The Kier molecular flexibility index (Phi) is 7.21. The Hall–Kier alpha value is -3.33. The van der Waals surface area contributed by atoms with Gasteiger partial charge in [-0.25, -0.2) is 19.2 Å². The summed E-state index contributed by atoms with van der Waals surface area (Å²) >= 11 is 5.92. The van der Waals surface area contributed by atoms with Crippen molar-refractivity contribution in [2.45, 2.75) is 37.8 Å². The van der Waals surface area contributed by atoms with E-state index in [4.69, 9.17) is 21.1 Å². The summed E-state index contributed by atoms with van der Waals surface area (Å²) in [5, 5.41) is 6.96. The molecule has 0 radical (unpaired) electrons. The Morgan fingerprint density at radius 1 is 1.12 bits per heavy atom. The second-order valence-electron chi connectivity index (χ2n) is 8.43. The van der Waals surface area contributed by atoms with Crippen LogP contribution in [0.2, 0.25) is 5.02 Å². The molecule has 8 nitrogen and oxygen atoms in total. The quantitative estimate of drug-likeness (QED) is 0.500. The minimum Gasteiger partial charge on any atom is -0.493 e. The van der Waals surface area contributed by atoms with Crippen LogP contribution in [-0.2, 0) is 0 Å². The van der Waals surface area contributed by atoms with Gasteiger partial charge in [-0.3, -0.25) is 0 Å². The standard InChI is InChI=1S/C24H27ClFN5O3/c1-31(2)24(32)30-14-4-7-16(8-5-14)34-22-11-17-20(12-21(22)33-3)27-13-28-23(17)29-15-6-9-19(26)18(25)10-15/h6,9-14,16H,4-5,7-8H2,1-3H3,(H,30,32)(H,27,28,29)/t14-,16-. The van der Waals surface area contributed by atoms with E-state index in [2.05, 4.69) is 20.6 Å². The zero-order chi connectivity index (χ0) is 24.2. The largest absolute Gasteiger partial charge is 0.493 e. The first-order chi connectivity index (χ1) is 16.3. The van der Waals surface area contributed by atoms with Crippen LogP contribution in [0, 0.1) is 5.82 Å². The lowest BCUT2D eigenvalue weighted by molar-refractivity contribution is 0.134. The van der Waals surface area contributed by atoms with Crippen molar-refractivity contribution in [2.75, 3.05) is 26.5 Å². The fraction of sp³-hybridized carbons (Fsp3) is 0.375. The maximum absolute atomic E-state index is 13.5. The number of fused-ring (bicyclic) bond motifs is 1. The average molecular weight is 488 g/mol. The van der Waals surface area contributed by atoms with Crippen molar-refractivity contribution in [1.29, 1.82) is 0 Å². The summed E-state index contributed by atoms with van der Waals surface area (Å²) < 4.78 is 25.4. The fourth-order valence-corrected chi connectivity index (χ4v) is 4.11. The Morgan fingerprint density at radius 2 is 1.88 bits per heavy atom. The SMILES string of the molecule is COc1cc2ncnc(Nc3ccc(F)c(Cl)c3)c2cc1O[C@H]1CC[C@H](NC(=O)N(C)C)CC1. The summed E-state index contributed by atoms with van der Waals surface area (Å²) in [5.41, 5.74) is 1.27. The van der Waals surface area contributed by atoms with E-state index in [0.717, 1.165) is 31.1 Å². The maximum Gasteiger partial charge on any atom is 0.317 e. The number of nitrogens with zero attached hydrogens (tertiary/aromatic N) is 3. The molecule has 1 saturated carbocycles. The van der Waals surface area contributed by atoms with Gasteiger partial charge >= 0.3 is 6.03 Å². The number of rotatable bonds is 6. The molecule has 0 unspecified atom stereocenters. The summed E-state index contributed by atoms with van der Waals surface area (Å²) in [4.78, 5) is 22.1. The molecule has 10 heteroatoms. The second kappa shape index (κ2) is 10.3. The first-order valence-corrected chi connectivity index (χ1v) is 11.4. The van der Waals surface area contributed by atoms with Crippen LogP contribution in [0.4, 0.5) is 20.7 Å². The molecule has 0 spiro atoms. The smallest absolute Gasteiger partial charge is 0.317 e. The lowest BCUT2D eigenvalue weighted by Gasteiger charge is -2.30. The van der Waals surface area contributed by atoms with Crippen molar-refractivity contribution in [1.82, 2.24) is 20.2 Å². The predicted octanol–water partition coefficient (Wildman–Crippen LogP) is 5.14. The van der Waals surface area contributed by atoms with E-state index in [9.17, 15) is 9.18 Å². The molecule has 1 fully saturated rings. The topological polar surface area (TPSA) is 88.6 Å². The minimum atomic E-state index is -0.490. The molecule has 34 heavy (non-hydrogen) atoms. The number of methoxy groups -OCH3 is 1. The van der Waals surface area contributed by atoms with Crippen molar-refractivity contribution in [3.63, 3.8) is 0 Å². The van der Waals surface area contributed by atoms with Gasteiger partial charge in [-0.15, -0.1) is 0 Å². The van der Waals surface area contributed by atoms with Gasteiger partial charge in [0.1, 0.15) is 18.0 Å². The molecule has 1 heterocycles. The number of ether oxygens (including phenoxy) is 2. The third kappa shape index (κ3) is 5.41. The zero-order valence-electron chi connectivity index (χ0n) is 19.3. The molecule has 0 atom stereocenters. The number of carbonyl (C=O) groups is 1. The van der Waals surface area contributed by atoms with Crippen molar-refractivity contribution in [2.24, 2.45) is 0 Å². The van der Waals surface area contributed by atoms with Crippen LogP contribution in [0.5, 0.6) is 11.5 Å². The van der Waals surface area contributed by atoms with Crippen LogP contribution >= 0.6 is 11.6 Å². The molecule has 0 bridgehead atoms. The van der Waals surface area contributed by atoms with E-state index in [1.54, 1.807) is 33.3 Å². The number of anilines is 2. The van der Waals surface area contributed by atoms with Gasteiger partial charge in [0, 0.05) is 37.3 Å². The molecule has 0 aliphatic heterocycles. The lowest BCUT2D eigenvalue weighted by atomic mass is 9.93. The van der Waals surface area contributed by atoms with Crippen LogP contribution in [0.3, 0.4) is 0 Å². The third-order valence-electron chi connectivity index (χ3n) is 5.80. The van der Waals surface area contributed by atoms with Gasteiger partial charge in [-0.05, 0) is 49.9 Å². The van der Waals surface area contributed by atoms with Crippen LogP contribution in [0.15, 0.2) is 36.7 Å². The van der Waals surface area contributed by atoms with Gasteiger partial charge in [0.2, 0.25) is 0 Å². The maximum atomic E-state index is 13.5. The number of nitrogens with one attached hydrogen (secondary N) is 2. The van der Waals surface area contributed by atoms with Crippen molar-refractivity contribution in [3.05, 3.63) is 47.5 Å². The van der Waals surface area contributed by atoms with E-state index in [0.29, 0.717) is 28.5 Å². The zero-order valence-corrected chi connectivity index (χ0v) is 20.0. The molecule has 2 aromatic carbocycles. The van der Waals surface area contributed by atoms with E-state index in [1.165, 1.54) is 23.4 Å². The lowest BCUT2D eigenvalue weighted by Crippen LogP contribution is -2.44. The van der Waals surface area contributed by atoms with Crippen LogP contribution in [-0.4, -0.2) is 54.2 Å². The van der Waals surface area contributed by atoms with E-state index in [-0.39, 0.29) is 23.2 Å². The van der Waals surface area contributed by atoms with Gasteiger partial charge in [0.05, 0.1) is 23.8 Å². The first kappa shape index (κ1) is 23.8. The molecule has 2 N–H and O–H groups in total. The van der Waals surface area contributed by atoms with Crippen molar-refractivity contribution in [3.8, 4) is 11.5 Å². The monoisotopic (exact) mass is 487 g/mol. The highest BCUT2D eigenvalue weighted by Crippen LogP contribution is 2.37. The Labute approximate surface area is 202 Å². The van der Waals surface area contributed by atoms with Gasteiger partial charge in [0.25, 0.3) is 0 Å². The molecule has 2 amide bonds. The van der Waals surface area contributed by atoms with E-state index < -0.39 is 5.82 Å². The highest BCUT2D eigenvalue weighted by atomic mass is 35.5. The second-order valence-corrected chi connectivity index (χ2v) is 8.84. The molecule has 1 aliphatic rings. The van der Waals surface area contributed by atoms with Gasteiger partial charge in [-0.1, -0.05) is 11.6 Å². The van der Waals surface area contributed by atoms with E-state index in [1.807, 2.05) is 6.07 Å². The molecule has 180 valence electrons. The first-order valence-electron chi connectivity index (χ1n) is 11.0. The Bertz CT molecular complexity index is 1180. The van der Waals surface area contributed by atoms with E-state index >= 15 is 0 Å². The number of urea groups is 1. The highest BCUT2D eigenvalue weighted by molar-refractivity contribution is 6.31. The van der Waals surface area contributed by atoms with Crippen LogP contribution < -0.4 is 20.1 Å². The highest BCUT2D eigenvalue weighted by Gasteiger charge is 2.25. The molecular weight excluding hydrogens is 461 g/mol. The third-order valence-corrected chi connectivity index (χ3v) is 6.09. The number of aromatic nitrogens is 2. The normalized spacial score (nSPS) is 17.8. The number of amides is 2. The Balaban J connectivity index is 1.53. The summed E-state index contributed by atoms with van der Waals surface area (Å²) in [6, 6.07) is 8.09. The van der Waals surface area contributed by atoms with Gasteiger partial charge in [-0.2, -0.15) is 0 Å². The number of benzene rings is 2. The van der Waals surface area contributed by atoms with Crippen LogP contribution in [0.1, 0.15) is 25.7 Å². The average Bonchev–Trinajstić information content (AvgIpc) is 2.82. The van der Waals surface area contributed by atoms with Crippen molar-refractivity contribution < 1.29 is 18.7 Å². The van der Waals surface area contributed by atoms with Crippen molar-refractivity contribution >= 4 is 40.0 Å². The van der Waals surface area contributed by atoms with Gasteiger partial charge < -0.3 is 25.0 Å². The number of halogens is 2. The van der Waals surface area contributed by atoms with Crippen LogP contribution in [0.25, 0.3) is 10.9 Å². The summed E-state index contributed by atoms with van der Waals surface area (Å²) in [6.07, 6.45) is 4.73. The summed E-state index contributed by atoms with van der Waals surface area (Å²) in [7, 11) is 5.05. The fourth-order valence-electron chi connectivity index (χ4n) is 3.93. The summed E-state index contributed by atoms with van der Waals surface area (Å²) in [5.74, 6) is 1.21. The molecule has 1 aromatic heterocycles.